The zero-order valence-electron chi connectivity index (χ0n) is 13.4. The van der Waals surface area contributed by atoms with E-state index in [-0.39, 0.29) is 12.1 Å². The quantitative estimate of drug-likeness (QED) is 0.842. The van der Waals surface area contributed by atoms with Gasteiger partial charge >= 0.3 is 0 Å². The second kappa shape index (κ2) is 7.09. The van der Waals surface area contributed by atoms with Crippen LogP contribution in [0.3, 0.4) is 0 Å². The van der Waals surface area contributed by atoms with E-state index in [2.05, 4.69) is 54.5 Å². The van der Waals surface area contributed by atoms with E-state index in [4.69, 9.17) is 5.11 Å². The Balaban J connectivity index is 1.92. The van der Waals surface area contributed by atoms with Gasteiger partial charge in [0.15, 0.2) is 0 Å². The molecule has 3 heteroatoms. The molecular formula is C18H26N2O. The molecule has 0 unspecified atom stereocenters. The third kappa shape index (κ3) is 4.86. The number of benzene rings is 1. The number of piperazine rings is 1. The minimum atomic E-state index is -0.0843. The van der Waals surface area contributed by atoms with Gasteiger partial charge in [-0.25, -0.2) is 0 Å². The number of hydrogen-bond acceptors (Lipinski definition) is 3. The Labute approximate surface area is 128 Å². The Morgan fingerprint density at radius 3 is 2.48 bits per heavy atom. The molecule has 114 valence electrons. The molecule has 1 aliphatic heterocycles. The highest BCUT2D eigenvalue weighted by molar-refractivity contribution is 5.37. The molecule has 2 rings (SSSR count). The van der Waals surface area contributed by atoms with Crippen molar-refractivity contribution in [3.63, 3.8) is 0 Å². The first kappa shape index (κ1) is 16.0. The predicted octanol–water partition coefficient (Wildman–Crippen LogP) is 1.95. The van der Waals surface area contributed by atoms with Crippen LogP contribution < -0.4 is 0 Å². The molecule has 0 bridgehead atoms. The van der Waals surface area contributed by atoms with Crippen LogP contribution in [-0.4, -0.2) is 53.2 Å². The molecule has 0 aliphatic carbocycles. The molecular weight excluding hydrogens is 260 g/mol. The highest BCUT2D eigenvalue weighted by atomic mass is 16.2. The normalized spacial score (nSPS) is 17.3. The fourth-order valence-corrected chi connectivity index (χ4v) is 2.72. The Morgan fingerprint density at radius 1 is 1.14 bits per heavy atom. The third-order valence-corrected chi connectivity index (χ3v) is 3.97. The number of hydrogen-bond donors (Lipinski definition) is 1. The molecule has 1 heterocycles. The lowest BCUT2D eigenvalue weighted by Crippen LogP contribution is -2.53. The lowest BCUT2D eigenvalue weighted by molar-refractivity contribution is 0.0591. The molecule has 1 N–H and O–H groups in total. The maximum atomic E-state index is 8.76. The Morgan fingerprint density at radius 2 is 1.86 bits per heavy atom. The fourth-order valence-electron chi connectivity index (χ4n) is 2.72. The summed E-state index contributed by atoms with van der Waals surface area (Å²) in [4.78, 5) is 5.05. The van der Waals surface area contributed by atoms with Crippen molar-refractivity contribution < 1.29 is 5.11 Å². The van der Waals surface area contributed by atoms with Crippen molar-refractivity contribution in [3.8, 4) is 11.8 Å². The number of aliphatic hydroxyl groups excluding tert-OH is 1. The standard InChI is InChI=1S/C18H26N2O/c1-18(2,3)20-11-9-19(10-12-20)15-17-7-4-6-16(14-17)8-5-13-21/h4,6-7,14,21H,9-13,15H2,1-3H3. The van der Waals surface area contributed by atoms with Gasteiger partial charge in [0.25, 0.3) is 0 Å². The Kier molecular flexibility index (Phi) is 5.41. The molecule has 0 spiro atoms. The van der Waals surface area contributed by atoms with Crippen LogP contribution in [-0.2, 0) is 6.54 Å². The molecule has 1 saturated heterocycles. The van der Waals surface area contributed by atoms with Crippen molar-refractivity contribution >= 4 is 0 Å². The highest BCUT2D eigenvalue weighted by Crippen LogP contribution is 2.17. The SMILES string of the molecule is CC(C)(C)N1CCN(Cc2cccc(C#CCO)c2)CC1. The summed E-state index contributed by atoms with van der Waals surface area (Å²) in [6.45, 7) is 12.2. The van der Waals surface area contributed by atoms with Crippen molar-refractivity contribution in [2.24, 2.45) is 0 Å². The van der Waals surface area contributed by atoms with Gasteiger partial charge in [0, 0.05) is 43.8 Å². The van der Waals surface area contributed by atoms with Crippen molar-refractivity contribution in [2.45, 2.75) is 32.9 Å². The maximum Gasteiger partial charge on any atom is 0.104 e. The van der Waals surface area contributed by atoms with Gasteiger partial charge in [-0.05, 0) is 38.5 Å². The van der Waals surface area contributed by atoms with E-state index in [0.717, 1.165) is 38.3 Å². The predicted molar refractivity (Wildman–Crippen MR) is 87.0 cm³/mol. The topological polar surface area (TPSA) is 26.7 Å². The monoisotopic (exact) mass is 286 g/mol. The molecule has 1 aromatic carbocycles. The average molecular weight is 286 g/mol. The molecule has 0 aromatic heterocycles. The molecule has 0 radical (unpaired) electrons. The molecule has 1 aliphatic rings. The van der Waals surface area contributed by atoms with Crippen LogP contribution in [0, 0.1) is 11.8 Å². The summed E-state index contributed by atoms with van der Waals surface area (Å²) in [7, 11) is 0. The molecule has 1 fully saturated rings. The van der Waals surface area contributed by atoms with E-state index in [9.17, 15) is 0 Å². The average Bonchev–Trinajstić information content (AvgIpc) is 2.45. The highest BCUT2D eigenvalue weighted by Gasteiger charge is 2.25. The number of aliphatic hydroxyl groups is 1. The second-order valence-electron chi connectivity index (χ2n) is 6.59. The molecule has 3 nitrogen and oxygen atoms in total. The maximum absolute atomic E-state index is 8.76. The molecule has 1 aromatic rings. The fraction of sp³-hybridized carbons (Fsp3) is 0.556. The van der Waals surface area contributed by atoms with Crippen molar-refractivity contribution in [3.05, 3.63) is 35.4 Å². The van der Waals surface area contributed by atoms with E-state index in [1.54, 1.807) is 0 Å². The van der Waals surface area contributed by atoms with E-state index in [1.807, 2.05) is 12.1 Å². The molecule has 21 heavy (non-hydrogen) atoms. The summed E-state index contributed by atoms with van der Waals surface area (Å²) in [5, 5.41) is 8.76. The summed E-state index contributed by atoms with van der Waals surface area (Å²) in [5.74, 6) is 5.68. The van der Waals surface area contributed by atoms with Crippen LogP contribution in [0.4, 0.5) is 0 Å². The van der Waals surface area contributed by atoms with Gasteiger partial charge in [0.2, 0.25) is 0 Å². The van der Waals surface area contributed by atoms with Crippen LogP contribution >= 0.6 is 0 Å². The summed E-state index contributed by atoms with van der Waals surface area (Å²) in [6.07, 6.45) is 0. The number of nitrogens with zero attached hydrogens (tertiary/aromatic N) is 2. The minimum Gasteiger partial charge on any atom is -0.384 e. The zero-order valence-corrected chi connectivity index (χ0v) is 13.4. The first-order valence-corrected chi connectivity index (χ1v) is 7.65. The van der Waals surface area contributed by atoms with Gasteiger partial charge in [0.1, 0.15) is 6.61 Å². The van der Waals surface area contributed by atoms with Gasteiger partial charge in [-0.3, -0.25) is 9.80 Å². The van der Waals surface area contributed by atoms with Crippen LogP contribution in [0.1, 0.15) is 31.9 Å². The van der Waals surface area contributed by atoms with E-state index < -0.39 is 0 Å². The van der Waals surface area contributed by atoms with Gasteiger partial charge in [-0.2, -0.15) is 0 Å². The largest absolute Gasteiger partial charge is 0.384 e. The van der Waals surface area contributed by atoms with E-state index in [0.29, 0.717) is 0 Å². The summed E-state index contributed by atoms with van der Waals surface area (Å²) >= 11 is 0. The smallest absolute Gasteiger partial charge is 0.104 e. The van der Waals surface area contributed by atoms with Crippen LogP contribution in [0.15, 0.2) is 24.3 Å². The molecule has 0 saturated carbocycles. The van der Waals surface area contributed by atoms with Crippen LogP contribution in [0.25, 0.3) is 0 Å². The van der Waals surface area contributed by atoms with Gasteiger partial charge < -0.3 is 5.11 Å². The first-order valence-electron chi connectivity index (χ1n) is 7.65. The van der Waals surface area contributed by atoms with Gasteiger partial charge in [0.05, 0.1) is 0 Å². The summed E-state index contributed by atoms with van der Waals surface area (Å²) in [5.41, 5.74) is 2.55. The molecule has 0 amide bonds. The van der Waals surface area contributed by atoms with Gasteiger partial charge in [-0.15, -0.1) is 0 Å². The van der Waals surface area contributed by atoms with E-state index >= 15 is 0 Å². The number of rotatable bonds is 2. The van der Waals surface area contributed by atoms with Crippen molar-refractivity contribution in [1.82, 2.24) is 9.80 Å². The van der Waals surface area contributed by atoms with Crippen molar-refractivity contribution in [2.75, 3.05) is 32.8 Å². The van der Waals surface area contributed by atoms with E-state index in [1.165, 1.54) is 5.56 Å². The van der Waals surface area contributed by atoms with Gasteiger partial charge in [-0.1, -0.05) is 24.0 Å². The third-order valence-electron chi connectivity index (χ3n) is 3.97. The summed E-state index contributed by atoms with van der Waals surface area (Å²) < 4.78 is 0. The Hall–Kier alpha value is -1.34. The Bertz CT molecular complexity index is 514. The molecule has 0 atom stereocenters. The minimum absolute atomic E-state index is 0.0843. The van der Waals surface area contributed by atoms with Crippen LogP contribution in [0.2, 0.25) is 0 Å². The lowest BCUT2D eigenvalue weighted by Gasteiger charge is -2.42. The first-order chi connectivity index (χ1) is 9.99. The summed E-state index contributed by atoms with van der Waals surface area (Å²) in [6, 6.07) is 8.31. The second-order valence-corrected chi connectivity index (χ2v) is 6.59. The zero-order chi connectivity index (χ0) is 15.3. The van der Waals surface area contributed by atoms with Crippen molar-refractivity contribution in [1.29, 1.82) is 0 Å². The van der Waals surface area contributed by atoms with Crippen LogP contribution in [0.5, 0.6) is 0 Å². The lowest BCUT2D eigenvalue weighted by atomic mass is 10.0.